The van der Waals surface area contributed by atoms with Crippen LogP contribution in [0, 0.1) is 0 Å². The molecule has 1 rings (SSSR count). The van der Waals surface area contributed by atoms with Crippen molar-refractivity contribution in [1.29, 1.82) is 0 Å². The number of amides is 1. The fourth-order valence-corrected chi connectivity index (χ4v) is 2.71. The number of carbonyl (C=O) groups is 2. The number of sulfonamides is 1. The van der Waals surface area contributed by atoms with E-state index >= 15 is 0 Å². The molecule has 1 aromatic rings. The van der Waals surface area contributed by atoms with E-state index in [4.69, 9.17) is 0 Å². The average Bonchev–Trinajstić information content (AvgIpc) is 2.42. The van der Waals surface area contributed by atoms with Crippen LogP contribution in [0.1, 0.15) is 0 Å². The standard InChI is InChI=1S/C11H13BrN2O5S/c1-13-10(15)7-19-11(16)6-14-20(17,18)9-4-2-3-8(12)5-9/h2-5,14H,6-7H2,1H3,(H,13,15). The summed E-state index contributed by atoms with van der Waals surface area (Å²) in [6.45, 7) is -1.00. The molecule has 20 heavy (non-hydrogen) atoms. The molecule has 2 N–H and O–H groups in total. The number of carbonyl (C=O) groups excluding carboxylic acids is 2. The number of benzene rings is 1. The molecule has 0 unspecified atom stereocenters. The molecule has 9 heteroatoms. The van der Waals surface area contributed by atoms with E-state index in [1.54, 1.807) is 12.1 Å². The highest BCUT2D eigenvalue weighted by atomic mass is 79.9. The third-order valence-corrected chi connectivity index (χ3v) is 4.05. The van der Waals surface area contributed by atoms with Crippen molar-refractivity contribution >= 4 is 37.8 Å². The molecule has 0 radical (unpaired) electrons. The maximum atomic E-state index is 11.9. The first-order chi connectivity index (χ1) is 9.35. The van der Waals surface area contributed by atoms with Crippen molar-refractivity contribution in [3.8, 4) is 0 Å². The van der Waals surface area contributed by atoms with Crippen LogP contribution in [-0.2, 0) is 24.3 Å². The van der Waals surface area contributed by atoms with Crippen molar-refractivity contribution in [2.75, 3.05) is 20.2 Å². The Bertz CT molecular complexity index is 603. The van der Waals surface area contributed by atoms with Gasteiger partial charge in [0.25, 0.3) is 5.91 Å². The number of esters is 1. The second kappa shape index (κ2) is 7.36. The van der Waals surface area contributed by atoms with E-state index in [-0.39, 0.29) is 4.90 Å². The summed E-state index contributed by atoms with van der Waals surface area (Å²) in [6, 6.07) is 6.03. The molecule has 1 amide bonds. The van der Waals surface area contributed by atoms with Crippen molar-refractivity contribution in [2.45, 2.75) is 4.90 Å². The largest absolute Gasteiger partial charge is 0.455 e. The number of hydrogen-bond acceptors (Lipinski definition) is 5. The van der Waals surface area contributed by atoms with Crippen LogP contribution in [0.25, 0.3) is 0 Å². The maximum Gasteiger partial charge on any atom is 0.321 e. The lowest BCUT2D eigenvalue weighted by Crippen LogP contribution is -2.33. The number of likely N-dealkylation sites (N-methyl/N-ethyl adjacent to an activating group) is 1. The molecule has 0 heterocycles. The Kier molecular flexibility index (Phi) is 6.11. The summed E-state index contributed by atoms with van der Waals surface area (Å²) in [6.07, 6.45) is 0. The molecule has 0 saturated carbocycles. The monoisotopic (exact) mass is 364 g/mol. The van der Waals surface area contributed by atoms with Gasteiger partial charge in [-0.3, -0.25) is 9.59 Å². The van der Waals surface area contributed by atoms with Crippen LogP contribution in [0.5, 0.6) is 0 Å². The number of hydrogen-bond donors (Lipinski definition) is 2. The first-order valence-corrected chi connectivity index (χ1v) is 7.74. The molecule has 0 bridgehead atoms. The number of ether oxygens (including phenoxy) is 1. The van der Waals surface area contributed by atoms with Gasteiger partial charge in [-0.15, -0.1) is 0 Å². The third kappa shape index (κ3) is 5.27. The van der Waals surface area contributed by atoms with Crippen LogP contribution in [-0.4, -0.2) is 40.5 Å². The van der Waals surface area contributed by atoms with E-state index in [9.17, 15) is 18.0 Å². The van der Waals surface area contributed by atoms with E-state index in [0.717, 1.165) is 0 Å². The molecule has 0 aliphatic rings. The van der Waals surface area contributed by atoms with Gasteiger partial charge in [0.2, 0.25) is 10.0 Å². The molecule has 0 saturated heterocycles. The highest BCUT2D eigenvalue weighted by Gasteiger charge is 2.16. The predicted molar refractivity (Wildman–Crippen MR) is 74.4 cm³/mol. The quantitative estimate of drug-likeness (QED) is 0.692. The Balaban J connectivity index is 2.56. The lowest BCUT2D eigenvalue weighted by atomic mass is 10.4. The zero-order valence-corrected chi connectivity index (χ0v) is 13.0. The van der Waals surface area contributed by atoms with E-state index in [1.165, 1.54) is 19.2 Å². The zero-order valence-electron chi connectivity index (χ0n) is 10.6. The van der Waals surface area contributed by atoms with Crippen molar-refractivity contribution in [3.05, 3.63) is 28.7 Å². The molecule has 0 spiro atoms. The fourth-order valence-electron chi connectivity index (χ4n) is 1.14. The van der Waals surface area contributed by atoms with E-state index in [0.29, 0.717) is 4.47 Å². The molecule has 110 valence electrons. The lowest BCUT2D eigenvalue weighted by Gasteiger charge is -2.07. The van der Waals surface area contributed by atoms with Gasteiger partial charge in [0, 0.05) is 11.5 Å². The summed E-state index contributed by atoms with van der Waals surface area (Å²) in [5.74, 6) is -1.32. The minimum atomic E-state index is -3.80. The van der Waals surface area contributed by atoms with Gasteiger partial charge < -0.3 is 10.1 Å². The molecule has 0 atom stereocenters. The normalized spacial score (nSPS) is 10.9. The smallest absolute Gasteiger partial charge is 0.321 e. The molecular formula is C11H13BrN2O5S. The summed E-state index contributed by atoms with van der Waals surface area (Å²) in [7, 11) is -2.41. The summed E-state index contributed by atoms with van der Waals surface area (Å²) in [5.41, 5.74) is 0. The Morgan fingerprint density at radius 1 is 1.35 bits per heavy atom. The fraction of sp³-hybridized carbons (Fsp3) is 0.273. The zero-order chi connectivity index (χ0) is 15.2. The van der Waals surface area contributed by atoms with Crippen LogP contribution in [0.15, 0.2) is 33.6 Å². The first-order valence-electron chi connectivity index (χ1n) is 5.46. The van der Waals surface area contributed by atoms with Crippen LogP contribution in [0.3, 0.4) is 0 Å². The van der Waals surface area contributed by atoms with Gasteiger partial charge in [0.05, 0.1) is 4.90 Å². The molecule has 0 fully saturated rings. The Hall–Kier alpha value is -1.45. The second-order valence-electron chi connectivity index (χ2n) is 3.62. The highest BCUT2D eigenvalue weighted by molar-refractivity contribution is 9.10. The average molecular weight is 365 g/mol. The van der Waals surface area contributed by atoms with Gasteiger partial charge in [-0.2, -0.15) is 4.72 Å². The summed E-state index contributed by atoms with van der Waals surface area (Å²) >= 11 is 3.16. The second-order valence-corrected chi connectivity index (χ2v) is 6.30. The molecule has 0 aliphatic heterocycles. The van der Waals surface area contributed by atoms with E-state index in [1.807, 2.05) is 0 Å². The van der Waals surface area contributed by atoms with Gasteiger partial charge in [-0.05, 0) is 18.2 Å². The third-order valence-electron chi connectivity index (χ3n) is 2.16. The van der Waals surface area contributed by atoms with Crippen LogP contribution in [0.4, 0.5) is 0 Å². The van der Waals surface area contributed by atoms with E-state index < -0.39 is 35.1 Å². The van der Waals surface area contributed by atoms with Crippen LogP contribution in [0.2, 0.25) is 0 Å². The van der Waals surface area contributed by atoms with Gasteiger partial charge in [0.1, 0.15) is 6.54 Å². The number of halogens is 1. The highest BCUT2D eigenvalue weighted by Crippen LogP contribution is 2.15. The topological polar surface area (TPSA) is 102 Å². The first kappa shape index (κ1) is 16.6. The Morgan fingerprint density at radius 3 is 2.65 bits per heavy atom. The molecule has 7 nitrogen and oxygen atoms in total. The number of nitrogens with one attached hydrogen (secondary N) is 2. The number of rotatable bonds is 6. The predicted octanol–water partition coefficient (Wildman–Crippen LogP) is 0.0166. The summed E-state index contributed by atoms with van der Waals surface area (Å²) < 4.78 is 31.0. The van der Waals surface area contributed by atoms with Crippen LogP contribution >= 0.6 is 15.9 Å². The Labute approximate surface area is 124 Å². The summed E-state index contributed by atoms with van der Waals surface area (Å²) in [4.78, 5) is 22.1. The minimum Gasteiger partial charge on any atom is -0.455 e. The molecular weight excluding hydrogens is 352 g/mol. The van der Waals surface area contributed by atoms with Crippen molar-refractivity contribution in [1.82, 2.24) is 10.0 Å². The van der Waals surface area contributed by atoms with Crippen molar-refractivity contribution in [2.24, 2.45) is 0 Å². The SMILES string of the molecule is CNC(=O)COC(=O)CNS(=O)(=O)c1cccc(Br)c1. The summed E-state index contributed by atoms with van der Waals surface area (Å²) in [5, 5.41) is 2.26. The van der Waals surface area contributed by atoms with Gasteiger partial charge in [-0.1, -0.05) is 22.0 Å². The van der Waals surface area contributed by atoms with Gasteiger partial charge >= 0.3 is 5.97 Å². The van der Waals surface area contributed by atoms with E-state index in [2.05, 4.69) is 30.7 Å². The van der Waals surface area contributed by atoms with Crippen molar-refractivity contribution < 1.29 is 22.7 Å². The Morgan fingerprint density at radius 2 is 2.05 bits per heavy atom. The van der Waals surface area contributed by atoms with Gasteiger partial charge in [-0.25, -0.2) is 8.42 Å². The van der Waals surface area contributed by atoms with Gasteiger partial charge in [0.15, 0.2) is 6.61 Å². The minimum absolute atomic E-state index is 0.0194. The van der Waals surface area contributed by atoms with Crippen molar-refractivity contribution in [3.63, 3.8) is 0 Å². The maximum absolute atomic E-state index is 11.9. The molecule has 0 aromatic heterocycles. The lowest BCUT2D eigenvalue weighted by molar-refractivity contribution is -0.147. The molecule has 1 aromatic carbocycles. The van der Waals surface area contributed by atoms with Crippen LogP contribution < -0.4 is 10.0 Å². The molecule has 0 aliphatic carbocycles.